The second-order valence-electron chi connectivity index (χ2n) is 5.69. The van der Waals surface area contributed by atoms with Gasteiger partial charge >= 0.3 is 0 Å². The number of rotatable bonds is 5. The van der Waals surface area contributed by atoms with Crippen molar-refractivity contribution in [2.24, 2.45) is 0 Å². The van der Waals surface area contributed by atoms with Gasteiger partial charge in [0.1, 0.15) is 16.8 Å². The number of hydrogen-bond donors (Lipinski definition) is 2. The molecule has 0 saturated carbocycles. The molecule has 0 fully saturated rings. The molecule has 6 heteroatoms. The monoisotopic (exact) mass is 298 g/mol. The Kier molecular flexibility index (Phi) is 5.74. The Morgan fingerprint density at radius 2 is 1.95 bits per heavy atom. The smallest absolute Gasteiger partial charge is 0.221 e. The summed E-state index contributed by atoms with van der Waals surface area (Å²) >= 11 is 6.15. The molecule has 0 radical (unpaired) electrons. The van der Waals surface area contributed by atoms with Gasteiger partial charge < -0.3 is 10.6 Å². The van der Waals surface area contributed by atoms with Crippen LogP contribution in [0.5, 0.6) is 0 Å². The van der Waals surface area contributed by atoms with E-state index in [1.807, 2.05) is 34.6 Å². The van der Waals surface area contributed by atoms with Crippen molar-refractivity contribution in [3.63, 3.8) is 0 Å². The molecular formula is C14H23ClN4O. The van der Waals surface area contributed by atoms with Crippen LogP contribution in [-0.2, 0) is 10.2 Å². The van der Waals surface area contributed by atoms with E-state index in [1.54, 1.807) is 0 Å². The molecule has 0 aliphatic heterocycles. The van der Waals surface area contributed by atoms with Crippen LogP contribution in [0.2, 0.25) is 5.15 Å². The summed E-state index contributed by atoms with van der Waals surface area (Å²) in [5.74, 6) is 1.40. The van der Waals surface area contributed by atoms with Gasteiger partial charge in [-0.05, 0) is 13.8 Å². The molecule has 1 amide bonds. The predicted molar refractivity (Wildman–Crippen MR) is 82.3 cm³/mol. The normalized spacial score (nSPS) is 11.3. The van der Waals surface area contributed by atoms with Crippen LogP contribution in [0.4, 0.5) is 5.82 Å². The Labute approximate surface area is 125 Å². The van der Waals surface area contributed by atoms with E-state index in [-0.39, 0.29) is 11.3 Å². The molecule has 0 spiro atoms. The van der Waals surface area contributed by atoms with Crippen molar-refractivity contribution >= 4 is 23.3 Å². The van der Waals surface area contributed by atoms with Crippen molar-refractivity contribution in [3.05, 3.63) is 16.5 Å². The van der Waals surface area contributed by atoms with Gasteiger partial charge in [0.2, 0.25) is 5.91 Å². The van der Waals surface area contributed by atoms with Gasteiger partial charge in [-0.25, -0.2) is 9.97 Å². The number of halogens is 1. The lowest BCUT2D eigenvalue weighted by atomic mass is 9.95. The van der Waals surface area contributed by atoms with Crippen LogP contribution in [0.25, 0.3) is 0 Å². The molecule has 0 bridgehead atoms. The summed E-state index contributed by atoms with van der Waals surface area (Å²) in [6.45, 7) is 11.0. The lowest BCUT2D eigenvalue weighted by Gasteiger charge is -2.19. The first kappa shape index (κ1) is 16.7. The maximum atomic E-state index is 11.4. The first-order chi connectivity index (χ1) is 9.25. The Morgan fingerprint density at radius 1 is 1.30 bits per heavy atom. The minimum Gasteiger partial charge on any atom is -0.369 e. The van der Waals surface area contributed by atoms with Crippen molar-refractivity contribution < 1.29 is 4.79 Å². The molecule has 5 nitrogen and oxygen atoms in total. The van der Waals surface area contributed by atoms with Crippen molar-refractivity contribution in [2.75, 3.05) is 18.4 Å². The molecule has 0 saturated heterocycles. The molecule has 112 valence electrons. The zero-order valence-corrected chi connectivity index (χ0v) is 13.6. The first-order valence-corrected chi connectivity index (χ1v) is 7.18. The third kappa shape index (κ3) is 4.63. The fourth-order valence-corrected chi connectivity index (χ4v) is 1.75. The molecule has 1 rings (SSSR count). The lowest BCUT2D eigenvalue weighted by molar-refractivity contribution is -0.120. The van der Waals surface area contributed by atoms with E-state index in [1.165, 1.54) is 0 Å². The minimum atomic E-state index is -0.173. The summed E-state index contributed by atoms with van der Waals surface area (Å²) in [5, 5.41) is 6.36. The molecular weight excluding hydrogens is 276 g/mol. The van der Waals surface area contributed by atoms with Crippen molar-refractivity contribution in [1.82, 2.24) is 15.3 Å². The second-order valence-corrected chi connectivity index (χ2v) is 6.05. The van der Waals surface area contributed by atoms with E-state index >= 15 is 0 Å². The van der Waals surface area contributed by atoms with Gasteiger partial charge in [0.05, 0.1) is 0 Å². The quantitative estimate of drug-likeness (QED) is 0.820. The Morgan fingerprint density at radius 3 is 2.50 bits per heavy atom. The highest BCUT2D eigenvalue weighted by atomic mass is 35.5. The number of carbonyl (C=O) groups excluding carboxylic acids is 1. The molecule has 0 aliphatic carbocycles. The summed E-state index contributed by atoms with van der Waals surface area (Å²) in [6, 6.07) is 0. The number of nitrogens with one attached hydrogen (secondary N) is 2. The highest BCUT2D eigenvalue weighted by molar-refractivity contribution is 6.30. The average Bonchev–Trinajstić information content (AvgIpc) is 2.33. The van der Waals surface area contributed by atoms with Crippen molar-refractivity contribution in [1.29, 1.82) is 0 Å². The van der Waals surface area contributed by atoms with Gasteiger partial charge in [0.15, 0.2) is 0 Å². The van der Waals surface area contributed by atoms with Crippen LogP contribution >= 0.6 is 11.6 Å². The minimum absolute atomic E-state index is 0.0221. The van der Waals surface area contributed by atoms with Crippen LogP contribution in [-0.4, -0.2) is 29.0 Å². The van der Waals surface area contributed by atoms with Gasteiger partial charge in [-0.15, -0.1) is 0 Å². The second kappa shape index (κ2) is 6.88. The standard InChI is InChI=1S/C14H23ClN4O/c1-6-16-10(20)7-8-17-12-9(2)11(15)18-13(19-12)14(3,4)5/h6-8H2,1-5H3,(H,16,20)(H,17,18,19). The highest BCUT2D eigenvalue weighted by Gasteiger charge is 2.20. The fraction of sp³-hybridized carbons (Fsp3) is 0.643. The molecule has 1 aromatic rings. The molecule has 0 aromatic carbocycles. The van der Waals surface area contributed by atoms with E-state index in [4.69, 9.17) is 11.6 Å². The summed E-state index contributed by atoms with van der Waals surface area (Å²) < 4.78 is 0. The van der Waals surface area contributed by atoms with Crippen molar-refractivity contribution in [3.8, 4) is 0 Å². The van der Waals surface area contributed by atoms with Crippen LogP contribution < -0.4 is 10.6 Å². The van der Waals surface area contributed by atoms with Crippen LogP contribution in [0.1, 0.15) is 45.5 Å². The maximum absolute atomic E-state index is 11.4. The van der Waals surface area contributed by atoms with E-state index in [2.05, 4.69) is 20.6 Å². The number of nitrogens with zero attached hydrogens (tertiary/aromatic N) is 2. The summed E-state index contributed by atoms with van der Waals surface area (Å²) in [6.07, 6.45) is 0.403. The van der Waals surface area contributed by atoms with E-state index < -0.39 is 0 Å². The SMILES string of the molecule is CCNC(=O)CCNc1nc(C(C)(C)C)nc(Cl)c1C. The largest absolute Gasteiger partial charge is 0.369 e. The van der Waals surface area contributed by atoms with E-state index in [0.717, 1.165) is 5.56 Å². The highest BCUT2D eigenvalue weighted by Crippen LogP contribution is 2.25. The van der Waals surface area contributed by atoms with Gasteiger partial charge in [0, 0.05) is 30.5 Å². The van der Waals surface area contributed by atoms with Crippen LogP contribution in [0.15, 0.2) is 0 Å². The summed E-state index contributed by atoms with van der Waals surface area (Å²) in [4.78, 5) is 20.2. The zero-order valence-electron chi connectivity index (χ0n) is 12.8. The number of anilines is 1. The van der Waals surface area contributed by atoms with Crippen LogP contribution in [0, 0.1) is 6.92 Å². The van der Waals surface area contributed by atoms with Gasteiger partial charge in [0.25, 0.3) is 0 Å². The third-order valence-corrected chi connectivity index (χ3v) is 3.14. The molecule has 1 aromatic heterocycles. The first-order valence-electron chi connectivity index (χ1n) is 6.81. The van der Waals surface area contributed by atoms with Gasteiger partial charge in [-0.2, -0.15) is 0 Å². The molecule has 20 heavy (non-hydrogen) atoms. The topological polar surface area (TPSA) is 66.9 Å². The number of carbonyl (C=O) groups is 1. The molecule has 0 aliphatic rings. The maximum Gasteiger partial charge on any atom is 0.221 e. The van der Waals surface area contributed by atoms with Gasteiger partial charge in [-0.3, -0.25) is 4.79 Å². The average molecular weight is 299 g/mol. The summed E-state index contributed by atoms with van der Waals surface area (Å²) in [7, 11) is 0. The van der Waals surface area contributed by atoms with Crippen LogP contribution in [0.3, 0.4) is 0 Å². The molecule has 0 atom stereocenters. The fourth-order valence-electron chi connectivity index (χ4n) is 1.58. The number of aromatic nitrogens is 2. The Bertz CT molecular complexity index is 483. The number of amides is 1. The number of hydrogen-bond acceptors (Lipinski definition) is 4. The molecule has 2 N–H and O–H groups in total. The summed E-state index contributed by atoms with van der Waals surface area (Å²) in [5.41, 5.74) is 0.628. The predicted octanol–water partition coefficient (Wildman–Crippen LogP) is 2.67. The van der Waals surface area contributed by atoms with E-state index in [9.17, 15) is 4.79 Å². The Hall–Kier alpha value is -1.36. The lowest BCUT2D eigenvalue weighted by Crippen LogP contribution is -2.25. The molecule has 0 unspecified atom stereocenters. The van der Waals surface area contributed by atoms with E-state index in [0.29, 0.717) is 36.3 Å². The third-order valence-electron chi connectivity index (χ3n) is 2.78. The molecule has 1 heterocycles. The van der Waals surface area contributed by atoms with Crippen molar-refractivity contribution in [2.45, 2.75) is 46.5 Å². The Balaban J connectivity index is 2.79. The zero-order chi connectivity index (χ0) is 15.3. The van der Waals surface area contributed by atoms with Gasteiger partial charge in [-0.1, -0.05) is 32.4 Å².